The van der Waals surface area contributed by atoms with E-state index in [0.717, 1.165) is 5.92 Å². The van der Waals surface area contributed by atoms with E-state index in [1.807, 2.05) is 0 Å². The number of hydrogen-bond acceptors (Lipinski definition) is 0. The van der Waals surface area contributed by atoms with Crippen LogP contribution in [-0.2, 0) is 0 Å². The summed E-state index contributed by atoms with van der Waals surface area (Å²) < 4.78 is 0. The zero-order valence-corrected chi connectivity index (χ0v) is 8.12. The molecule has 0 aromatic carbocycles. The largest absolute Gasteiger partial charge is 1.00 e. The lowest BCUT2D eigenvalue weighted by Gasteiger charge is -2.03. The highest BCUT2D eigenvalue weighted by atomic mass is 35.5. The first-order valence-electron chi connectivity index (χ1n) is 3.96. The lowest BCUT2D eigenvalue weighted by atomic mass is 10.0. The molecule has 0 saturated carbocycles. The van der Waals surface area contributed by atoms with Gasteiger partial charge >= 0.3 is 0 Å². The molecule has 0 aromatic rings. The maximum atomic E-state index is 3.94. The van der Waals surface area contributed by atoms with E-state index >= 15 is 0 Å². The summed E-state index contributed by atoms with van der Waals surface area (Å²) >= 11 is 0. The van der Waals surface area contributed by atoms with Crippen LogP contribution in [0.3, 0.4) is 0 Å². The predicted octanol–water partition coefficient (Wildman–Crippen LogP) is -1.55. The van der Waals surface area contributed by atoms with Crippen molar-refractivity contribution >= 4 is 0 Å². The van der Waals surface area contributed by atoms with Gasteiger partial charge in [-0.05, 0) is 25.7 Å². The van der Waals surface area contributed by atoms with Crippen molar-refractivity contribution in [2.45, 2.75) is 46.1 Å². The number of hydrogen-bond donors (Lipinski definition) is 1. The molecular formula is C8H20ClN. The molecule has 0 saturated heterocycles. The molecular weight excluding hydrogens is 146 g/mol. The molecule has 0 aliphatic carbocycles. The molecule has 2 heteroatoms. The second kappa shape index (κ2) is 7.36. The second-order valence-corrected chi connectivity index (χ2v) is 3.43. The topological polar surface area (TPSA) is 27.6 Å². The maximum Gasteiger partial charge on any atom is 0.0815 e. The normalized spacial score (nSPS) is 12.9. The van der Waals surface area contributed by atoms with E-state index in [-0.39, 0.29) is 12.4 Å². The van der Waals surface area contributed by atoms with Crippen molar-refractivity contribution in [3.63, 3.8) is 0 Å². The van der Waals surface area contributed by atoms with Gasteiger partial charge in [-0.2, -0.15) is 0 Å². The molecule has 0 aromatic heterocycles. The highest BCUT2D eigenvalue weighted by molar-refractivity contribution is 4.49. The van der Waals surface area contributed by atoms with Gasteiger partial charge in [-0.25, -0.2) is 0 Å². The molecule has 0 amide bonds. The van der Waals surface area contributed by atoms with E-state index in [2.05, 4.69) is 26.5 Å². The summed E-state index contributed by atoms with van der Waals surface area (Å²) in [6.45, 7) is 6.72. The fraction of sp³-hybridized carbons (Fsp3) is 1.00. The van der Waals surface area contributed by atoms with Crippen molar-refractivity contribution in [2.75, 3.05) is 0 Å². The summed E-state index contributed by atoms with van der Waals surface area (Å²) in [5.74, 6) is 0.865. The van der Waals surface area contributed by atoms with Gasteiger partial charge in [-0.15, -0.1) is 0 Å². The molecule has 64 valence electrons. The van der Waals surface area contributed by atoms with Crippen LogP contribution < -0.4 is 18.1 Å². The Bertz CT molecular complexity index is 54.3. The molecule has 0 spiro atoms. The fourth-order valence-corrected chi connectivity index (χ4v) is 0.875. The van der Waals surface area contributed by atoms with Crippen molar-refractivity contribution in [3.05, 3.63) is 0 Å². The molecule has 0 rings (SSSR count). The number of quaternary nitrogens is 1. The molecule has 1 unspecified atom stereocenters. The van der Waals surface area contributed by atoms with E-state index < -0.39 is 0 Å². The van der Waals surface area contributed by atoms with Crippen molar-refractivity contribution in [1.29, 1.82) is 0 Å². The predicted molar refractivity (Wildman–Crippen MR) is 41.0 cm³/mol. The van der Waals surface area contributed by atoms with Gasteiger partial charge in [-0.3, -0.25) is 0 Å². The molecule has 3 N–H and O–H groups in total. The van der Waals surface area contributed by atoms with Gasteiger partial charge < -0.3 is 18.1 Å². The third-order valence-corrected chi connectivity index (χ3v) is 1.48. The monoisotopic (exact) mass is 165 g/mol. The van der Waals surface area contributed by atoms with Crippen molar-refractivity contribution in [3.8, 4) is 0 Å². The Morgan fingerprint density at radius 1 is 1.10 bits per heavy atom. The van der Waals surface area contributed by atoms with Gasteiger partial charge in [0.05, 0.1) is 6.04 Å². The van der Waals surface area contributed by atoms with Crippen molar-refractivity contribution in [1.82, 2.24) is 0 Å². The fourth-order valence-electron chi connectivity index (χ4n) is 0.875. The van der Waals surface area contributed by atoms with Gasteiger partial charge in [-0.1, -0.05) is 20.3 Å². The van der Waals surface area contributed by atoms with Crippen LogP contribution in [0, 0.1) is 5.92 Å². The minimum absolute atomic E-state index is 0. The van der Waals surface area contributed by atoms with E-state index in [0.29, 0.717) is 6.04 Å². The molecule has 0 aliphatic heterocycles. The van der Waals surface area contributed by atoms with Gasteiger partial charge in [0.2, 0.25) is 0 Å². The number of halogens is 1. The average molecular weight is 166 g/mol. The second-order valence-electron chi connectivity index (χ2n) is 3.43. The summed E-state index contributed by atoms with van der Waals surface area (Å²) in [4.78, 5) is 0. The van der Waals surface area contributed by atoms with Gasteiger partial charge in [0.25, 0.3) is 0 Å². The van der Waals surface area contributed by atoms with Gasteiger partial charge in [0.15, 0.2) is 0 Å². The molecule has 0 radical (unpaired) electrons. The molecule has 1 nitrogen and oxygen atoms in total. The molecule has 0 bridgehead atoms. The third-order valence-electron chi connectivity index (χ3n) is 1.48. The molecule has 0 fully saturated rings. The Labute approximate surface area is 70.8 Å². The highest BCUT2D eigenvalue weighted by Gasteiger charge is 1.98. The van der Waals surface area contributed by atoms with Gasteiger partial charge in [0, 0.05) is 0 Å². The first kappa shape index (κ1) is 12.9. The van der Waals surface area contributed by atoms with Crippen LogP contribution in [0.5, 0.6) is 0 Å². The molecule has 1 atom stereocenters. The number of rotatable bonds is 4. The summed E-state index contributed by atoms with van der Waals surface area (Å²) in [6, 6.07) is 0.642. The summed E-state index contributed by atoms with van der Waals surface area (Å²) in [5.41, 5.74) is 3.94. The molecule has 0 heterocycles. The standard InChI is InChI=1S/C8H19N.ClH/c1-7(2)5-4-6-8(3)9;/h7-8H,4-6,9H2,1-3H3;1H. The zero-order valence-electron chi connectivity index (χ0n) is 7.36. The van der Waals surface area contributed by atoms with Crippen LogP contribution in [0.4, 0.5) is 0 Å². The lowest BCUT2D eigenvalue weighted by molar-refractivity contribution is -0.415. The van der Waals surface area contributed by atoms with Crippen molar-refractivity contribution in [2.24, 2.45) is 5.92 Å². The third kappa shape index (κ3) is 11.1. The van der Waals surface area contributed by atoms with Crippen LogP contribution >= 0.6 is 0 Å². The van der Waals surface area contributed by atoms with Crippen molar-refractivity contribution < 1.29 is 18.1 Å². The molecule has 0 aliphatic rings. The van der Waals surface area contributed by atoms with E-state index in [1.165, 1.54) is 19.3 Å². The quantitative estimate of drug-likeness (QED) is 0.523. The smallest absolute Gasteiger partial charge is 0.0815 e. The average Bonchev–Trinajstić information content (AvgIpc) is 1.63. The minimum Gasteiger partial charge on any atom is -1.00 e. The first-order chi connectivity index (χ1) is 4.13. The Balaban J connectivity index is 0. The lowest BCUT2D eigenvalue weighted by Crippen LogP contribution is -3.00. The zero-order chi connectivity index (χ0) is 7.28. The van der Waals surface area contributed by atoms with E-state index in [9.17, 15) is 0 Å². The molecule has 10 heavy (non-hydrogen) atoms. The van der Waals surface area contributed by atoms with E-state index in [4.69, 9.17) is 0 Å². The Kier molecular flexibility index (Phi) is 9.48. The van der Waals surface area contributed by atoms with Crippen LogP contribution in [0.1, 0.15) is 40.0 Å². The van der Waals surface area contributed by atoms with Crippen LogP contribution in [-0.4, -0.2) is 6.04 Å². The Morgan fingerprint density at radius 3 is 1.90 bits per heavy atom. The maximum absolute atomic E-state index is 3.94. The first-order valence-corrected chi connectivity index (χ1v) is 3.96. The van der Waals surface area contributed by atoms with Crippen LogP contribution in [0.2, 0.25) is 0 Å². The summed E-state index contributed by atoms with van der Waals surface area (Å²) in [7, 11) is 0. The van der Waals surface area contributed by atoms with E-state index in [1.54, 1.807) is 0 Å². The van der Waals surface area contributed by atoms with Gasteiger partial charge in [0.1, 0.15) is 0 Å². The summed E-state index contributed by atoms with van der Waals surface area (Å²) in [5, 5.41) is 0. The summed E-state index contributed by atoms with van der Waals surface area (Å²) in [6.07, 6.45) is 4.00. The van der Waals surface area contributed by atoms with Crippen LogP contribution in [0.15, 0.2) is 0 Å². The van der Waals surface area contributed by atoms with Crippen LogP contribution in [0.25, 0.3) is 0 Å². The SMILES string of the molecule is CC(C)CCCC(C)[NH3+].[Cl-]. The Hall–Kier alpha value is 0.250. The highest BCUT2D eigenvalue weighted by Crippen LogP contribution is 2.06. The minimum atomic E-state index is 0. The Morgan fingerprint density at radius 2 is 1.60 bits per heavy atom.